The first-order valence-electron chi connectivity index (χ1n) is 7.02. The van der Waals surface area contributed by atoms with E-state index in [1.165, 1.54) is 16.4 Å². The molecular weight excluding hydrogens is 310 g/mol. The maximum absolute atomic E-state index is 12.0. The number of H-pyrrole nitrogens is 1. The fourth-order valence-electron chi connectivity index (χ4n) is 2.05. The molecule has 0 unspecified atom stereocenters. The standard InChI is InChI=1S/C16H15N5OS/c17-21-15(12-7-3-1-4-8-12)19-20-16(21)23-11-14(22)18-13-9-5-2-6-10-13/h1-10H,11,17H2,(H,18,22)/p+1. The van der Waals surface area contributed by atoms with Crippen LogP contribution >= 0.6 is 11.8 Å². The molecule has 0 bridgehead atoms. The highest BCUT2D eigenvalue weighted by molar-refractivity contribution is 7.99. The van der Waals surface area contributed by atoms with Crippen LogP contribution in [-0.2, 0) is 4.79 Å². The summed E-state index contributed by atoms with van der Waals surface area (Å²) < 4.78 is 1.45. The lowest BCUT2D eigenvalue weighted by Gasteiger charge is -2.02. The van der Waals surface area contributed by atoms with Crippen LogP contribution in [-0.4, -0.2) is 21.9 Å². The molecule has 1 aromatic heterocycles. The monoisotopic (exact) mass is 326 g/mol. The summed E-state index contributed by atoms with van der Waals surface area (Å²) in [7, 11) is 0. The number of benzene rings is 2. The van der Waals surface area contributed by atoms with E-state index < -0.39 is 0 Å². The number of thioether (sulfide) groups is 1. The van der Waals surface area contributed by atoms with Gasteiger partial charge in [-0.1, -0.05) is 36.4 Å². The minimum absolute atomic E-state index is 0.106. The van der Waals surface area contributed by atoms with Crippen LogP contribution in [0.25, 0.3) is 11.4 Å². The van der Waals surface area contributed by atoms with Crippen LogP contribution in [0, 0.1) is 0 Å². The lowest BCUT2D eigenvalue weighted by molar-refractivity contribution is -0.666. The number of nitrogens with zero attached hydrogens (tertiary/aromatic N) is 2. The molecule has 0 atom stereocenters. The quantitative estimate of drug-likeness (QED) is 0.379. The summed E-state index contributed by atoms with van der Waals surface area (Å²) in [6, 6.07) is 19.0. The highest BCUT2D eigenvalue weighted by Crippen LogP contribution is 2.16. The molecule has 1 heterocycles. The molecule has 0 radical (unpaired) electrons. The van der Waals surface area contributed by atoms with E-state index in [1.807, 2.05) is 60.7 Å². The number of hydrogen-bond donors (Lipinski definition) is 3. The van der Waals surface area contributed by atoms with Crippen LogP contribution in [0.5, 0.6) is 0 Å². The number of anilines is 1. The normalized spacial score (nSPS) is 10.4. The number of aromatic nitrogens is 3. The van der Waals surface area contributed by atoms with Crippen LogP contribution in [0.3, 0.4) is 0 Å². The Bertz CT molecular complexity index is 789. The number of amides is 1. The van der Waals surface area contributed by atoms with Gasteiger partial charge in [0.25, 0.3) is 5.82 Å². The molecule has 6 nitrogen and oxygen atoms in total. The molecule has 23 heavy (non-hydrogen) atoms. The third-order valence-electron chi connectivity index (χ3n) is 3.14. The second-order valence-corrected chi connectivity index (χ2v) is 5.74. The van der Waals surface area contributed by atoms with Gasteiger partial charge in [0.2, 0.25) is 5.91 Å². The molecule has 0 aliphatic rings. The van der Waals surface area contributed by atoms with Gasteiger partial charge < -0.3 is 5.32 Å². The van der Waals surface area contributed by atoms with Gasteiger partial charge in [-0.25, -0.2) is 0 Å². The first-order valence-corrected chi connectivity index (χ1v) is 8.01. The van der Waals surface area contributed by atoms with E-state index in [9.17, 15) is 4.79 Å². The third-order valence-corrected chi connectivity index (χ3v) is 4.09. The van der Waals surface area contributed by atoms with Crippen molar-refractivity contribution < 1.29 is 9.47 Å². The Hall–Kier alpha value is -2.80. The topological polar surface area (TPSA) is 87.7 Å². The van der Waals surface area contributed by atoms with Gasteiger partial charge in [0.15, 0.2) is 0 Å². The third kappa shape index (κ3) is 3.70. The maximum Gasteiger partial charge on any atom is 0.358 e. The zero-order chi connectivity index (χ0) is 16.1. The van der Waals surface area contributed by atoms with E-state index >= 15 is 0 Å². The highest BCUT2D eigenvalue weighted by Gasteiger charge is 2.20. The van der Waals surface area contributed by atoms with Crippen molar-refractivity contribution in [2.75, 3.05) is 16.9 Å². The number of nitrogen functional groups attached to an aromatic ring is 1. The second-order valence-electron chi connectivity index (χ2n) is 4.79. The molecule has 0 aliphatic carbocycles. The van der Waals surface area contributed by atoms with Crippen LogP contribution in [0.2, 0.25) is 0 Å². The lowest BCUT2D eigenvalue weighted by Crippen LogP contribution is -2.47. The van der Waals surface area contributed by atoms with Crippen molar-refractivity contribution in [1.29, 1.82) is 0 Å². The van der Waals surface area contributed by atoms with Crippen LogP contribution < -0.4 is 15.8 Å². The average molecular weight is 326 g/mol. The zero-order valence-electron chi connectivity index (χ0n) is 12.3. The smallest absolute Gasteiger partial charge is 0.325 e. The highest BCUT2D eigenvalue weighted by atomic mass is 32.2. The Morgan fingerprint density at radius 1 is 1.13 bits per heavy atom. The first-order chi connectivity index (χ1) is 11.2. The number of nitrogens with two attached hydrogens (primary N) is 1. The molecule has 1 amide bonds. The molecule has 4 N–H and O–H groups in total. The summed E-state index contributed by atoms with van der Waals surface area (Å²) in [5, 5.41) is 10.4. The van der Waals surface area contributed by atoms with Crippen LogP contribution in [0.15, 0.2) is 65.8 Å². The number of aromatic amines is 1. The molecule has 7 heteroatoms. The predicted molar refractivity (Wildman–Crippen MR) is 90.2 cm³/mol. The van der Waals surface area contributed by atoms with E-state index in [-0.39, 0.29) is 11.7 Å². The number of carbonyl (C=O) groups is 1. The first kappa shape index (κ1) is 15.1. The molecule has 0 spiro atoms. The van der Waals surface area contributed by atoms with Crippen molar-refractivity contribution in [3.8, 4) is 11.4 Å². The van der Waals surface area contributed by atoms with Crippen molar-refractivity contribution >= 4 is 23.4 Å². The van der Waals surface area contributed by atoms with Crippen molar-refractivity contribution in [1.82, 2.24) is 10.2 Å². The molecule has 0 fully saturated rings. The summed E-state index contributed by atoms with van der Waals surface area (Å²) in [5.41, 5.74) is 1.70. The van der Waals surface area contributed by atoms with Crippen molar-refractivity contribution in [3.63, 3.8) is 0 Å². The van der Waals surface area contributed by atoms with Gasteiger partial charge in [0.1, 0.15) is 0 Å². The summed E-state index contributed by atoms with van der Waals surface area (Å²) in [6.45, 7) is 0. The van der Waals surface area contributed by atoms with E-state index in [0.29, 0.717) is 11.0 Å². The number of nitrogens with one attached hydrogen (secondary N) is 2. The van der Waals surface area contributed by atoms with Gasteiger partial charge in [-0.15, -0.1) is 9.77 Å². The van der Waals surface area contributed by atoms with Crippen LogP contribution in [0.4, 0.5) is 5.69 Å². The summed E-state index contributed by atoms with van der Waals surface area (Å²) >= 11 is 1.27. The van der Waals surface area contributed by atoms with Gasteiger partial charge in [-0.2, -0.15) is 0 Å². The SMILES string of the molecule is N[n+]1c(SCC(=O)Nc2ccccc2)n[nH]c1-c1ccccc1. The van der Waals surface area contributed by atoms with E-state index in [0.717, 1.165) is 11.3 Å². The molecule has 0 saturated heterocycles. The minimum atomic E-state index is -0.106. The van der Waals surface area contributed by atoms with Gasteiger partial charge in [0.05, 0.1) is 16.4 Å². The number of para-hydroxylation sites is 1. The van der Waals surface area contributed by atoms with Gasteiger partial charge in [0, 0.05) is 5.69 Å². The van der Waals surface area contributed by atoms with Gasteiger partial charge >= 0.3 is 5.16 Å². The fraction of sp³-hybridized carbons (Fsp3) is 0.0625. The van der Waals surface area contributed by atoms with Crippen molar-refractivity contribution in [2.24, 2.45) is 0 Å². The Morgan fingerprint density at radius 2 is 1.78 bits per heavy atom. The largest absolute Gasteiger partial charge is 0.358 e. The number of hydrogen-bond acceptors (Lipinski definition) is 4. The molecule has 0 aliphatic heterocycles. The van der Waals surface area contributed by atoms with Crippen molar-refractivity contribution in [3.05, 3.63) is 60.7 Å². The van der Waals surface area contributed by atoms with E-state index in [2.05, 4.69) is 15.5 Å². The van der Waals surface area contributed by atoms with E-state index in [4.69, 9.17) is 5.84 Å². The molecule has 2 aromatic carbocycles. The molecular formula is C16H16N5OS+. The predicted octanol–water partition coefficient (Wildman–Crippen LogP) is 1.81. The Labute approximate surface area is 137 Å². The maximum atomic E-state index is 12.0. The Kier molecular flexibility index (Phi) is 4.58. The molecule has 116 valence electrons. The zero-order valence-corrected chi connectivity index (χ0v) is 13.1. The molecule has 3 aromatic rings. The Morgan fingerprint density at radius 3 is 2.48 bits per heavy atom. The number of rotatable bonds is 5. The van der Waals surface area contributed by atoms with Crippen molar-refractivity contribution in [2.45, 2.75) is 5.16 Å². The van der Waals surface area contributed by atoms with Gasteiger partial charge in [-0.05, 0) is 36.0 Å². The Balaban J connectivity index is 1.63. The van der Waals surface area contributed by atoms with E-state index in [1.54, 1.807) is 0 Å². The average Bonchev–Trinajstić information content (AvgIpc) is 2.95. The van der Waals surface area contributed by atoms with Gasteiger partial charge in [-0.3, -0.25) is 10.6 Å². The minimum Gasteiger partial charge on any atom is -0.325 e. The fourth-order valence-corrected chi connectivity index (χ4v) is 2.73. The summed E-state index contributed by atoms with van der Waals surface area (Å²) in [4.78, 5) is 12.0. The summed E-state index contributed by atoms with van der Waals surface area (Å²) in [5.74, 6) is 6.86. The molecule has 3 rings (SSSR count). The second kappa shape index (κ2) is 6.97. The summed E-state index contributed by atoms with van der Waals surface area (Å²) in [6.07, 6.45) is 0. The lowest BCUT2D eigenvalue weighted by atomic mass is 10.2. The van der Waals surface area contributed by atoms with Crippen LogP contribution in [0.1, 0.15) is 0 Å². The molecule has 0 saturated carbocycles. The number of carbonyl (C=O) groups excluding carboxylic acids is 1.